The Morgan fingerprint density at radius 2 is 1.43 bits per heavy atom. The molecule has 108 valence electrons. The minimum Gasteiger partial charge on any atom is -0.366 e. The Bertz CT molecular complexity index is 631. The van der Waals surface area contributed by atoms with E-state index in [1.165, 1.54) is 5.56 Å². The summed E-state index contributed by atoms with van der Waals surface area (Å²) in [5.41, 5.74) is 8.39. The molecular weight excluding hydrogens is 264 g/mol. The summed E-state index contributed by atoms with van der Waals surface area (Å²) >= 11 is 0. The summed E-state index contributed by atoms with van der Waals surface area (Å²) in [5, 5.41) is 2.85. The van der Waals surface area contributed by atoms with Crippen molar-refractivity contribution < 1.29 is 9.59 Å². The van der Waals surface area contributed by atoms with Crippen LogP contribution >= 0.6 is 0 Å². The van der Waals surface area contributed by atoms with Crippen molar-refractivity contribution in [2.45, 2.75) is 19.9 Å². The molecule has 0 heterocycles. The van der Waals surface area contributed by atoms with E-state index >= 15 is 0 Å². The molecule has 3 N–H and O–H groups in total. The summed E-state index contributed by atoms with van der Waals surface area (Å²) in [5.74, 6) is -0.571. The first-order chi connectivity index (χ1) is 10.1. The highest BCUT2D eigenvalue weighted by molar-refractivity contribution is 5.94. The van der Waals surface area contributed by atoms with Gasteiger partial charge in [0.2, 0.25) is 5.91 Å². The Labute approximate surface area is 124 Å². The number of amides is 2. The molecule has 2 aromatic rings. The topological polar surface area (TPSA) is 72.2 Å². The predicted octanol–water partition coefficient (Wildman–Crippen LogP) is 2.28. The summed E-state index contributed by atoms with van der Waals surface area (Å²) in [6.45, 7) is 2.48. The fraction of sp³-hybridized carbons (Fsp3) is 0.176. The Kier molecular flexibility index (Phi) is 4.72. The van der Waals surface area contributed by atoms with Crippen LogP contribution in [0, 0.1) is 0 Å². The molecule has 0 saturated heterocycles. The molecule has 0 aliphatic heterocycles. The Morgan fingerprint density at radius 3 is 1.95 bits per heavy atom. The highest BCUT2D eigenvalue weighted by atomic mass is 16.2. The zero-order chi connectivity index (χ0) is 15.2. The van der Waals surface area contributed by atoms with Gasteiger partial charge in [-0.15, -0.1) is 0 Å². The van der Waals surface area contributed by atoms with E-state index in [-0.39, 0.29) is 5.91 Å². The second-order valence-corrected chi connectivity index (χ2v) is 4.79. The lowest BCUT2D eigenvalue weighted by Gasteiger charge is -2.06. The monoisotopic (exact) mass is 282 g/mol. The van der Waals surface area contributed by atoms with Crippen molar-refractivity contribution in [2.24, 2.45) is 5.73 Å². The van der Waals surface area contributed by atoms with Gasteiger partial charge in [0.15, 0.2) is 0 Å². The van der Waals surface area contributed by atoms with E-state index in [0.29, 0.717) is 17.7 Å². The Balaban J connectivity index is 1.95. The molecule has 0 aliphatic rings. The smallest absolute Gasteiger partial charge is 0.251 e. The zero-order valence-corrected chi connectivity index (χ0v) is 11.9. The number of hydrogen-bond acceptors (Lipinski definition) is 2. The van der Waals surface area contributed by atoms with Crippen molar-refractivity contribution in [1.29, 1.82) is 0 Å². The Morgan fingerprint density at radius 1 is 0.905 bits per heavy atom. The molecule has 2 amide bonds. The highest BCUT2D eigenvalue weighted by Gasteiger charge is 2.05. The van der Waals surface area contributed by atoms with Crippen molar-refractivity contribution in [3.05, 3.63) is 70.8 Å². The van der Waals surface area contributed by atoms with Crippen LogP contribution in [-0.4, -0.2) is 11.8 Å². The number of nitrogens with one attached hydrogen (secondary N) is 1. The molecule has 0 atom stereocenters. The van der Waals surface area contributed by atoms with Gasteiger partial charge in [0.05, 0.1) is 0 Å². The van der Waals surface area contributed by atoms with Gasteiger partial charge in [0.25, 0.3) is 5.91 Å². The third-order valence-electron chi connectivity index (χ3n) is 3.32. The number of nitrogens with two attached hydrogens (primary N) is 1. The normalized spacial score (nSPS) is 10.1. The van der Waals surface area contributed by atoms with Gasteiger partial charge in [-0.05, 0) is 41.8 Å². The standard InChI is InChI=1S/C17H18N2O2/c1-2-12-3-9-15(10-4-12)17(21)19-11-13-5-7-14(8-6-13)16(18)20/h3-10H,2,11H2,1H3,(H2,18,20)(H,19,21). The molecule has 2 rings (SSSR count). The second-order valence-electron chi connectivity index (χ2n) is 4.79. The molecule has 4 nitrogen and oxygen atoms in total. The van der Waals surface area contributed by atoms with Crippen molar-refractivity contribution >= 4 is 11.8 Å². The zero-order valence-electron chi connectivity index (χ0n) is 11.9. The third-order valence-corrected chi connectivity index (χ3v) is 3.32. The highest BCUT2D eigenvalue weighted by Crippen LogP contribution is 2.07. The van der Waals surface area contributed by atoms with Crippen molar-refractivity contribution in [3.8, 4) is 0 Å². The van der Waals surface area contributed by atoms with Crippen LogP contribution in [0.4, 0.5) is 0 Å². The first-order valence-electron chi connectivity index (χ1n) is 6.86. The lowest BCUT2D eigenvalue weighted by Crippen LogP contribution is -2.22. The van der Waals surface area contributed by atoms with Crippen LogP contribution in [-0.2, 0) is 13.0 Å². The van der Waals surface area contributed by atoms with Crippen LogP contribution in [0.25, 0.3) is 0 Å². The maximum atomic E-state index is 12.0. The molecule has 0 aromatic heterocycles. The quantitative estimate of drug-likeness (QED) is 0.883. The van der Waals surface area contributed by atoms with Crippen molar-refractivity contribution in [2.75, 3.05) is 0 Å². The molecule has 0 unspecified atom stereocenters. The number of carbonyl (C=O) groups is 2. The van der Waals surface area contributed by atoms with E-state index in [0.717, 1.165) is 12.0 Å². The summed E-state index contributed by atoms with van der Waals surface area (Å²) < 4.78 is 0. The molecule has 0 saturated carbocycles. The minimum atomic E-state index is -0.457. The summed E-state index contributed by atoms with van der Waals surface area (Å²) in [7, 11) is 0. The molecule has 0 fully saturated rings. The number of hydrogen-bond donors (Lipinski definition) is 2. The van der Waals surface area contributed by atoms with Crippen LogP contribution in [0.1, 0.15) is 38.8 Å². The summed E-state index contributed by atoms with van der Waals surface area (Å²) in [4.78, 5) is 23.0. The minimum absolute atomic E-state index is 0.114. The molecule has 4 heteroatoms. The first kappa shape index (κ1) is 14.8. The van der Waals surface area contributed by atoms with Gasteiger partial charge in [-0.25, -0.2) is 0 Å². The lowest BCUT2D eigenvalue weighted by atomic mass is 10.1. The maximum Gasteiger partial charge on any atom is 0.251 e. The van der Waals surface area contributed by atoms with E-state index < -0.39 is 5.91 Å². The summed E-state index contributed by atoms with van der Waals surface area (Å²) in [6.07, 6.45) is 0.952. The van der Waals surface area contributed by atoms with Crippen LogP contribution in [0.5, 0.6) is 0 Å². The van der Waals surface area contributed by atoms with Gasteiger partial charge in [-0.1, -0.05) is 31.2 Å². The fourth-order valence-electron chi connectivity index (χ4n) is 1.96. The van der Waals surface area contributed by atoms with Crippen LogP contribution in [0.3, 0.4) is 0 Å². The largest absolute Gasteiger partial charge is 0.366 e. The number of rotatable bonds is 5. The number of primary amides is 1. The molecule has 0 radical (unpaired) electrons. The van der Waals surface area contributed by atoms with E-state index in [1.807, 2.05) is 24.3 Å². The first-order valence-corrected chi connectivity index (χ1v) is 6.86. The molecule has 0 bridgehead atoms. The molecule has 2 aromatic carbocycles. The fourth-order valence-corrected chi connectivity index (χ4v) is 1.96. The lowest BCUT2D eigenvalue weighted by molar-refractivity contribution is 0.0949. The van der Waals surface area contributed by atoms with Crippen LogP contribution < -0.4 is 11.1 Å². The van der Waals surface area contributed by atoms with Gasteiger partial charge in [0.1, 0.15) is 0 Å². The van der Waals surface area contributed by atoms with Gasteiger partial charge in [-0.3, -0.25) is 9.59 Å². The number of carbonyl (C=O) groups excluding carboxylic acids is 2. The second kappa shape index (κ2) is 6.70. The average molecular weight is 282 g/mol. The molecule has 0 aliphatic carbocycles. The average Bonchev–Trinajstić information content (AvgIpc) is 2.53. The number of benzene rings is 2. The summed E-state index contributed by atoms with van der Waals surface area (Å²) in [6, 6.07) is 14.4. The van der Waals surface area contributed by atoms with E-state index in [4.69, 9.17) is 5.73 Å². The molecule has 0 spiro atoms. The Hall–Kier alpha value is -2.62. The van der Waals surface area contributed by atoms with E-state index in [2.05, 4.69) is 12.2 Å². The number of aryl methyl sites for hydroxylation is 1. The van der Waals surface area contributed by atoms with Gasteiger partial charge in [0, 0.05) is 17.7 Å². The van der Waals surface area contributed by atoms with Gasteiger partial charge < -0.3 is 11.1 Å². The molecular formula is C17H18N2O2. The van der Waals surface area contributed by atoms with Crippen LogP contribution in [0.15, 0.2) is 48.5 Å². The van der Waals surface area contributed by atoms with Crippen LogP contribution in [0.2, 0.25) is 0 Å². The molecule has 21 heavy (non-hydrogen) atoms. The van der Waals surface area contributed by atoms with Crippen molar-refractivity contribution in [1.82, 2.24) is 5.32 Å². The van der Waals surface area contributed by atoms with Gasteiger partial charge >= 0.3 is 0 Å². The van der Waals surface area contributed by atoms with E-state index in [1.54, 1.807) is 24.3 Å². The van der Waals surface area contributed by atoms with E-state index in [9.17, 15) is 9.59 Å². The SMILES string of the molecule is CCc1ccc(C(=O)NCc2ccc(C(N)=O)cc2)cc1. The third kappa shape index (κ3) is 3.92. The van der Waals surface area contributed by atoms with Gasteiger partial charge in [-0.2, -0.15) is 0 Å². The maximum absolute atomic E-state index is 12.0. The predicted molar refractivity (Wildman–Crippen MR) is 82.0 cm³/mol. The van der Waals surface area contributed by atoms with Crippen molar-refractivity contribution in [3.63, 3.8) is 0 Å².